The Hall–Kier alpha value is -0.580. The van der Waals surface area contributed by atoms with E-state index in [-0.39, 0.29) is 5.92 Å². The van der Waals surface area contributed by atoms with Crippen molar-refractivity contribution in [2.24, 2.45) is 5.92 Å². The zero-order valence-electron chi connectivity index (χ0n) is 19.1. The molecule has 0 rings (SSSR count). The quantitative estimate of drug-likeness (QED) is 0.136. The number of rotatable bonds is 20. The lowest BCUT2D eigenvalue weighted by Gasteiger charge is -2.12. The predicted molar refractivity (Wildman–Crippen MR) is 127 cm³/mol. The molecule has 0 radical (unpaired) electrons. The minimum atomic E-state index is -0.690. The molecule has 0 saturated carbocycles. The second-order valence-electron chi connectivity index (χ2n) is 8.04. The summed E-state index contributed by atoms with van der Waals surface area (Å²) in [4.78, 5) is 21.2. The Balaban J connectivity index is 0. The van der Waals surface area contributed by atoms with Crippen molar-refractivity contribution in [3.8, 4) is 0 Å². The van der Waals surface area contributed by atoms with Gasteiger partial charge in [0.2, 0.25) is 0 Å². The van der Waals surface area contributed by atoms with Gasteiger partial charge in [0, 0.05) is 11.8 Å². The van der Waals surface area contributed by atoms with Gasteiger partial charge in [-0.25, -0.2) is 0 Å². The smallest absolute Gasteiger partial charge is 0.306 e. The molecule has 0 fully saturated rings. The van der Waals surface area contributed by atoms with Crippen molar-refractivity contribution in [2.75, 3.05) is 5.33 Å². The molecule has 0 aliphatic carbocycles. The van der Waals surface area contributed by atoms with Crippen LogP contribution < -0.4 is 0 Å². The lowest BCUT2D eigenvalue weighted by molar-refractivity contribution is -0.142. The van der Waals surface area contributed by atoms with Crippen molar-refractivity contribution in [2.45, 2.75) is 129 Å². The van der Waals surface area contributed by atoms with E-state index in [1.165, 1.54) is 64.2 Å². The van der Waals surface area contributed by atoms with Crippen molar-refractivity contribution in [1.82, 2.24) is 0 Å². The zero-order valence-corrected chi connectivity index (χ0v) is 20.7. The largest absolute Gasteiger partial charge is 0.481 e. The van der Waals surface area contributed by atoms with Crippen LogP contribution in [0, 0.1) is 5.92 Å². The van der Waals surface area contributed by atoms with Crippen molar-refractivity contribution in [3.63, 3.8) is 0 Å². The monoisotopic (exact) mass is 478 g/mol. The molecule has 0 heterocycles. The molecule has 0 unspecified atom stereocenters. The van der Waals surface area contributed by atoms with E-state index in [4.69, 9.17) is 5.11 Å². The van der Waals surface area contributed by atoms with Gasteiger partial charge in [0.15, 0.2) is 0 Å². The van der Waals surface area contributed by atoms with E-state index in [0.717, 1.165) is 50.3 Å². The van der Waals surface area contributed by atoms with Crippen LogP contribution in [0.1, 0.15) is 129 Å². The summed E-state index contributed by atoms with van der Waals surface area (Å²) in [5.74, 6) is -1.36. The number of unbranched alkanes of at least 4 members (excludes halogenated alkanes) is 12. The molecule has 4 nitrogen and oxygen atoms in total. The van der Waals surface area contributed by atoms with E-state index in [0.29, 0.717) is 6.42 Å². The van der Waals surface area contributed by atoms with Crippen LogP contribution in [0.15, 0.2) is 0 Å². The highest BCUT2D eigenvalue weighted by molar-refractivity contribution is 9.09. The van der Waals surface area contributed by atoms with Gasteiger partial charge >= 0.3 is 11.9 Å². The minimum Gasteiger partial charge on any atom is -0.481 e. The third kappa shape index (κ3) is 27.4. The molecular formula is C24H47BrO4. The lowest BCUT2D eigenvalue weighted by atomic mass is 9.94. The van der Waals surface area contributed by atoms with Gasteiger partial charge in [0.25, 0.3) is 0 Å². The average Bonchev–Trinajstić information content (AvgIpc) is 2.69. The first kappa shape index (κ1) is 30.6. The molecule has 0 spiro atoms. The van der Waals surface area contributed by atoms with E-state index in [1.807, 2.05) is 0 Å². The highest BCUT2D eigenvalue weighted by atomic mass is 79.9. The fourth-order valence-corrected chi connectivity index (χ4v) is 3.68. The van der Waals surface area contributed by atoms with E-state index in [2.05, 4.69) is 29.8 Å². The normalized spacial score (nSPS) is 10.6. The van der Waals surface area contributed by atoms with Gasteiger partial charge in [-0.2, -0.15) is 0 Å². The Bertz CT molecular complexity index is 345. The molecular weight excluding hydrogens is 432 g/mol. The van der Waals surface area contributed by atoms with Crippen LogP contribution >= 0.6 is 15.9 Å². The number of carboxylic acids is 2. The SMILES string of the molecule is CCCCCCCCC(CCCCCCCC)C(=O)O.O=C(O)CCCCCBr. The van der Waals surface area contributed by atoms with Gasteiger partial charge in [-0.15, -0.1) is 0 Å². The third-order valence-electron chi connectivity index (χ3n) is 5.19. The molecule has 0 aromatic heterocycles. The van der Waals surface area contributed by atoms with Gasteiger partial charge in [-0.3, -0.25) is 9.59 Å². The Kier molecular flexibility index (Phi) is 26.9. The van der Waals surface area contributed by atoms with E-state index < -0.39 is 11.9 Å². The fourth-order valence-electron chi connectivity index (χ4n) is 3.28. The summed E-state index contributed by atoms with van der Waals surface area (Å²) in [5.41, 5.74) is 0. The van der Waals surface area contributed by atoms with Crippen LogP contribution in [0.25, 0.3) is 0 Å². The van der Waals surface area contributed by atoms with Crippen LogP contribution in [0.5, 0.6) is 0 Å². The van der Waals surface area contributed by atoms with Crippen LogP contribution in [-0.2, 0) is 9.59 Å². The Morgan fingerprint density at radius 3 is 1.45 bits per heavy atom. The summed E-state index contributed by atoms with van der Waals surface area (Å²) >= 11 is 3.27. The van der Waals surface area contributed by atoms with E-state index >= 15 is 0 Å². The number of hydrogen-bond donors (Lipinski definition) is 2. The Morgan fingerprint density at radius 2 is 1.07 bits per heavy atom. The summed E-state index contributed by atoms with van der Waals surface area (Å²) < 4.78 is 0. The summed E-state index contributed by atoms with van der Waals surface area (Å²) in [7, 11) is 0. The molecule has 0 atom stereocenters. The van der Waals surface area contributed by atoms with Gasteiger partial charge in [-0.1, -0.05) is 113 Å². The van der Waals surface area contributed by atoms with Crippen molar-refractivity contribution < 1.29 is 19.8 Å². The summed E-state index contributed by atoms with van der Waals surface area (Å²) in [6.07, 6.45) is 19.9. The Labute approximate surface area is 188 Å². The van der Waals surface area contributed by atoms with Gasteiger partial charge in [0.05, 0.1) is 5.92 Å². The van der Waals surface area contributed by atoms with E-state index in [1.54, 1.807) is 0 Å². The van der Waals surface area contributed by atoms with Crippen LogP contribution in [-0.4, -0.2) is 27.5 Å². The van der Waals surface area contributed by atoms with Gasteiger partial charge in [0.1, 0.15) is 0 Å². The molecule has 5 heteroatoms. The van der Waals surface area contributed by atoms with Gasteiger partial charge in [-0.05, 0) is 25.7 Å². The number of alkyl halides is 1. The molecule has 0 saturated heterocycles. The van der Waals surface area contributed by atoms with Crippen molar-refractivity contribution in [1.29, 1.82) is 0 Å². The standard InChI is InChI=1S/C18H36O2.C6H11BrO2/c1-3-5-7-9-11-13-15-17(18(19)20)16-14-12-10-8-6-4-2;7-5-3-1-2-4-6(8)9/h17H,3-16H2,1-2H3,(H,19,20);1-5H2,(H,8,9). The maximum atomic E-state index is 11.2. The minimum absolute atomic E-state index is 0.0904. The topological polar surface area (TPSA) is 74.6 Å². The molecule has 2 N–H and O–H groups in total. The molecule has 29 heavy (non-hydrogen) atoms. The van der Waals surface area contributed by atoms with Crippen LogP contribution in [0.3, 0.4) is 0 Å². The highest BCUT2D eigenvalue weighted by Crippen LogP contribution is 2.19. The number of carboxylic acid groups (broad SMARTS) is 2. The maximum Gasteiger partial charge on any atom is 0.306 e. The highest BCUT2D eigenvalue weighted by Gasteiger charge is 2.16. The number of hydrogen-bond acceptors (Lipinski definition) is 2. The van der Waals surface area contributed by atoms with Gasteiger partial charge < -0.3 is 10.2 Å². The molecule has 0 amide bonds. The maximum absolute atomic E-state index is 11.2. The first-order chi connectivity index (χ1) is 14.0. The zero-order chi connectivity index (χ0) is 22.2. The fraction of sp³-hybridized carbons (Fsp3) is 0.917. The molecule has 0 aromatic carbocycles. The molecule has 0 aromatic rings. The predicted octanol–water partition coefficient (Wildman–Crippen LogP) is 8.21. The second-order valence-corrected chi connectivity index (χ2v) is 8.83. The van der Waals surface area contributed by atoms with E-state index in [9.17, 15) is 14.7 Å². The number of carbonyl (C=O) groups is 2. The number of aliphatic carboxylic acids is 2. The summed E-state index contributed by atoms with van der Waals surface area (Å²) in [6.45, 7) is 4.45. The van der Waals surface area contributed by atoms with Crippen LogP contribution in [0.2, 0.25) is 0 Å². The molecule has 0 bridgehead atoms. The molecule has 0 aliphatic heterocycles. The lowest BCUT2D eigenvalue weighted by Crippen LogP contribution is -2.13. The Morgan fingerprint density at radius 1 is 0.655 bits per heavy atom. The number of halogens is 1. The first-order valence-corrected chi connectivity index (χ1v) is 13.1. The first-order valence-electron chi connectivity index (χ1n) is 12.0. The summed E-state index contributed by atoms with van der Waals surface area (Å²) in [6, 6.07) is 0. The third-order valence-corrected chi connectivity index (χ3v) is 5.75. The summed E-state index contributed by atoms with van der Waals surface area (Å²) in [5, 5.41) is 18.4. The van der Waals surface area contributed by atoms with Crippen molar-refractivity contribution in [3.05, 3.63) is 0 Å². The molecule has 174 valence electrons. The van der Waals surface area contributed by atoms with Crippen molar-refractivity contribution >= 4 is 27.9 Å². The van der Waals surface area contributed by atoms with Crippen LogP contribution in [0.4, 0.5) is 0 Å². The second kappa shape index (κ2) is 25.5. The average molecular weight is 480 g/mol. The molecule has 0 aliphatic rings.